The molecule has 1 aliphatic rings. The Bertz CT molecular complexity index is 1240. The molecule has 1 heterocycles. The van der Waals surface area contributed by atoms with E-state index in [9.17, 15) is 30.3 Å². The minimum atomic E-state index is -1.57. The summed E-state index contributed by atoms with van der Waals surface area (Å²) in [5.41, 5.74) is 0. The fraction of sp³-hybridized carbons (Fsp3) is 0.891. The molecule has 1 aliphatic heterocycles. The van der Waals surface area contributed by atoms with Crippen LogP contribution >= 0.6 is 0 Å². The van der Waals surface area contributed by atoms with Crippen LogP contribution < -0.4 is 5.32 Å². The molecular weight excluding hydrogens is 911 g/mol. The van der Waals surface area contributed by atoms with Crippen LogP contribution in [0.4, 0.5) is 0 Å². The van der Waals surface area contributed by atoms with Crippen LogP contribution in [0.1, 0.15) is 309 Å². The van der Waals surface area contributed by atoms with Gasteiger partial charge in [0.2, 0.25) is 5.91 Å². The Hall–Kier alpha value is -1.59. The number of ether oxygens (including phenoxy) is 2. The maximum absolute atomic E-state index is 13.0. The van der Waals surface area contributed by atoms with Gasteiger partial charge in [0.15, 0.2) is 6.29 Å². The van der Waals surface area contributed by atoms with Gasteiger partial charge in [-0.1, -0.05) is 288 Å². The Morgan fingerprint density at radius 1 is 0.466 bits per heavy atom. The monoisotopic (exact) mass is 1030 g/mol. The van der Waals surface area contributed by atoms with Gasteiger partial charge >= 0.3 is 0 Å². The van der Waals surface area contributed by atoms with E-state index in [1.807, 2.05) is 6.08 Å². The molecule has 0 aromatic heterocycles. The molecule has 0 bridgehead atoms. The van der Waals surface area contributed by atoms with Crippen molar-refractivity contribution < 1.29 is 39.8 Å². The van der Waals surface area contributed by atoms with E-state index in [0.717, 1.165) is 44.9 Å². The number of hydrogen-bond acceptors (Lipinski definition) is 8. The van der Waals surface area contributed by atoms with Gasteiger partial charge in [0, 0.05) is 6.42 Å². The van der Waals surface area contributed by atoms with E-state index in [1.165, 1.54) is 244 Å². The van der Waals surface area contributed by atoms with Gasteiger partial charge < -0.3 is 40.3 Å². The maximum atomic E-state index is 13.0. The molecular formula is C64H121NO8. The lowest BCUT2D eigenvalue weighted by molar-refractivity contribution is -0.302. The summed E-state index contributed by atoms with van der Waals surface area (Å²) in [6.45, 7) is 3.80. The van der Waals surface area contributed by atoms with Crippen LogP contribution in [0, 0.1) is 0 Å². The average molecular weight is 1030 g/mol. The number of aliphatic hydroxyl groups is 5. The normalized spacial score (nSPS) is 19.2. The average Bonchev–Trinajstić information content (AvgIpc) is 3.39. The van der Waals surface area contributed by atoms with Crippen molar-refractivity contribution in [2.45, 2.75) is 352 Å². The Morgan fingerprint density at radius 2 is 0.808 bits per heavy atom. The summed E-state index contributed by atoms with van der Waals surface area (Å²) in [6.07, 6.45) is 63.9. The van der Waals surface area contributed by atoms with Crippen molar-refractivity contribution in [3.63, 3.8) is 0 Å². The van der Waals surface area contributed by atoms with Gasteiger partial charge in [-0.3, -0.25) is 4.79 Å². The topological polar surface area (TPSA) is 149 Å². The summed E-state index contributed by atoms with van der Waals surface area (Å²) in [7, 11) is 0. The summed E-state index contributed by atoms with van der Waals surface area (Å²) in [4.78, 5) is 13.0. The first kappa shape index (κ1) is 69.4. The molecule has 1 rings (SSSR count). The lowest BCUT2D eigenvalue weighted by Gasteiger charge is -2.40. The zero-order chi connectivity index (χ0) is 52.9. The van der Waals surface area contributed by atoms with Crippen LogP contribution in [0.2, 0.25) is 0 Å². The van der Waals surface area contributed by atoms with E-state index >= 15 is 0 Å². The summed E-state index contributed by atoms with van der Waals surface area (Å²) < 4.78 is 11.3. The second-order valence-corrected chi connectivity index (χ2v) is 22.2. The van der Waals surface area contributed by atoms with Crippen LogP contribution in [0.25, 0.3) is 0 Å². The van der Waals surface area contributed by atoms with Crippen molar-refractivity contribution in [3.8, 4) is 0 Å². The van der Waals surface area contributed by atoms with E-state index in [1.54, 1.807) is 6.08 Å². The zero-order valence-corrected chi connectivity index (χ0v) is 47.9. The molecule has 430 valence electrons. The highest BCUT2D eigenvalue weighted by Gasteiger charge is 2.44. The Kier molecular flexibility index (Phi) is 51.2. The van der Waals surface area contributed by atoms with Gasteiger partial charge in [-0.15, -0.1) is 0 Å². The predicted octanol–water partition coefficient (Wildman–Crippen LogP) is 16.3. The van der Waals surface area contributed by atoms with Crippen LogP contribution in [0.5, 0.6) is 0 Å². The van der Waals surface area contributed by atoms with E-state index in [2.05, 4.69) is 43.5 Å². The number of rotatable bonds is 55. The fourth-order valence-corrected chi connectivity index (χ4v) is 10.2. The number of allylic oxidation sites excluding steroid dienone is 5. The van der Waals surface area contributed by atoms with Crippen molar-refractivity contribution in [2.24, 2.45) is 0 Å². The molecule has 0 radical (unpaired) electrons. The summed E-state index contributed by atoms with van der Waals surface area (Å²) in [5, 5.41) is 54.4. The third kappa shape index (κ3) is 43.1. The molecule has 9 heteroatoms. The molecule has 9 nitrogen and oxygen atoms in total. The minimum absolute atomic E-state index is 0.174. The summed E-state index contributed by atoms with van der Waals surface area (Å²) in [5.74, 6) is -0.174. The predicted molar refractivity (Wildman–Crippen MR) is 309 cm³/mol. The van der Waals surface area contributed by atoms with Gasteiger partial charge in [-0.2, -0.15) is 0 Å². The molecule has 0 saturated carbocycles. The number of amides is 1. The van der Waals surface area contributed by atoms with E-state index in [-0.39, 0.29) is 12.5 Å². The molecule has 1 fully saturated rings. The van der Waals surface area contributed by atoms with Gasteiger partial charge in [-0.25, -0.2) is 0 Å². The number of nitrogens with one attached hydrogen (secondary N) is 1. The number of carbonyl (C=O) groups excluding carboxylic acids is 1. The first-order valence-electron chi connectivity index (χ1n) is 31.7. The van der Waals surface area contributed by atoms with Crippen molar-refractivity contribution in [1.29, 1.82) is 0 Å². The molecule has 73 heavy (non-hydrogen) atoms. The van der Waals surface area contributed by atoms with Crippen molar-refractivity contribution in [1.82, 2.24) is 5.32 Å². The second-order valence-electron chi connectivity index (χ2n) is 22.2. The first-order valence-corrected chi connectivity index (χ1v) is 31.7. The van der Waals surface area contributed by atoms with Gasteiger partial charge in [-0.05, 0) is 51.4 Å². The molecule has 6 N–H and O–H groups in total. The van der Waals surface area contributed by atoms with E-state index < -0.39 is 49.5 Å². The fourth-order valence-electron chi connectivity index (χ4n) is 10.2. The van der Waals surface area contributed by atoms with Crippen LogP contribution in [-0.4, -0.2) is 87.5 Å². The molecule has 7 atom stereocenters. The minimum Gasteiger partial charge on any atom is -0.394 e. The third-order valence-electron chi connectivity index (χ3n) is 15.2. The van der Waals surface area contributed by atoms with Crippen LogP contribution in [0.3, 0.4) is 0 Å². The number of aliphatic hydroxyl groups excluding tert-OH is 5. The molecule has 0 aromatic rings. The third-order valence-corrected chi connectivity index (χ3v) is 15.2. The first-order chi connectivity index (χ1) is 35.8. The molecule has 0 spiro atoms. The second kappa shape index (κ2) is 53.8. The number of hydrogen-bond donors (Lipinski definition) is 6. The van der Waals surface area contributed by atoms with Crippen molar-refractivity contribution in [3.05, 3.63) is 36.5 Å². The van der Waals surface area contributed by atoms with Crippen molar-refractivity contribution in [2.75, 3.05) is 13.2 Å². The van der Waals surface area contributed by atoms with Gasteiger partial charge in [0.05, 0.1) is 25.4 Å². The van der Waals surface area contributed by atoms with E-state index in [0.29, 0.717) is 6.42 Å². The largest absolute Gasteiger partial charge is 0.394 e. The highest BCUT2D eigenvalue weighted by atomic mass is 16.7. The van der Waals surface area contributed by atoms with Crippen molar-refractivity contribution >= 4 is 5.91 Å². The Morgan fingerprint density at radius 3 is 1.18 bits per heavy atom. The Labute approximate surface area is 451 Å². The van der Waals surface area contributed by atoms with Crippen LogP contribution in [0.15, 0.2) is 36.5 Å². The summed E-state index contributed by atoms with van der Waals surface area (Å²) >= 11 is 0. The lowest BCUT2D eigenvalue weighted by Crippen LogP contribution is -2.60. The molecule has 1 amide bonds. The molecule has 7 unspecified atom stereocenters. The number of carbonyl (C=O) groups is 1. The number of unbranched alkanes of at least 4 members (excludes halogenated alkanes) is 41. The standard InChI is InChI=1S/C64H121NO8/c1-3-5-7-9-11-13-15-17-18-19-20-21-22-23-24-25-26-27-28-29-30-31-32-33-34-35-36-37-38-39-40-42-44-46-48-50-52-54-60(68)65-57(56-72-64-63(71)62(70)61(69)59(55-66)73-64)58(67)53-51-49-47-45-43-41-16-14-12-10-8-6-4-2/h24-25,27-28,51,53,57-59,61-64,66-67,69-71H,3-23,26,29-50,52,54-56H2,1-2H3,(H,65,68)/b25-24-,28-27-,53-51+. The molecule has 1 saturated heterocycles. The smallest absolute Gasteiger partial charge is 0.220 e. The zero-order valence-electron chi connectivity index (χ0n) is 47.9. The quantitative estimate of drug-likeness (QED) is 0.0261. The molecule has 0 aliphatic carbocycles. The van der Waals surface area contributed by atoms with Gasteiger partial charge in [0.1, 0.15) is 24.4 Å². The SMILES string of the molecule is CCCCCCCCCCCCC/C=C/C(O)C(COC1OC(CO)C(O)C(O)C1O)NC(=O)CCCCCCCCCCCCCCCCCCC/C=C\C/C=C\CCCCCCCCCCCCCCC. The molecule has 0 aromatic carbocycles. The highest BCUT2D eigenvalue weighted by Crippen LogP contribution is 2.23. The Balaban J connectivity index is 2.06. The van der Waals surface area contributed by atoms with E-state index in [4.69, 9.17) is 9.47 Å². The van der Waals surface area contributed by atoms with Gasteiger partial charge in [0.25, 0.3) is 0 Å². The summed E-state index contributed by atoms with van der Waals surface area (Å²) in [6, 6.07) is -0.803. The highest BCUT2D eigenvalue weighted by molar-refractivity contribution is 5.76. The lowest BCUT2D eigenvalue weighted by atomic mass is 9.99. The van der Waals surface area contributed by atoms with Crippen LogP contribution in [-0.2, 0) is 14.3 Å². The maximum Gasteiger partial charge on any atom is 0.220 e.